The molecular formula is C22H30N6O5S. The van der Waals surface area contributed by atoms with Gasteiger partial charge < -0.3 is 10.2 Å². The van der Waals surface area contributed by atoms with Crippen LogP contribution in [0.4, 0.5) is 10.5 Å². The summed E-state index contributed by atoms with van der Waals surface area (Å²) in [6.45, 7) is 0. The van der Waals surface area contributed by atoms with E-state index in [9.17, 15) is 24.5 Å². The summed E-state index contributed by atoms with van der Waals surface area (Å²) in [5.74, 6) is -0.888. The van der Waals surface area contributed by atoms with Crippen LogP contribution in [0.15, 0.2) is 24.3 Å². The van der Waals surface area contributed by atoms with Crippen LogP contribution in [0.2, 0.25) is 0 Å². The molecule has 2 heterocycles. The maximum Gasteiger partial charge on any atom is 0.327 e. The Kier molecular flexibility index (Phi) is 7.39. The molecule has 12 heteroatoms. The van der Waals surface area contributed by atoms with Gasteiger partial charge in [-0.25, -0.2) is 4.79 Å². The fourth-order valence-corrected chi connectivity index (χ4v) is 6.01. The van der Waals surface area contributed by atoms with Gasteiger partial charge in [0.2, 0.25) is 11.8 Å². The van der Waals surface area contributed by atoms with Crippen LogP contribution in [0.1, 0.15) is 43.8 Å². The highest BCUT2D eigenvalue weighted by Gasteiger charge is 2.51. The third kappa shape index (κ3) is 5.03. The highest BCUT2D eigenvalue weighted by atomic mass is 32.2. The van der Waals surface area contributed by atoms with Gasteiger partial charge in [-0.3, -0.25) is 35.2 Å². The number of non-ortho nitro benzene ring substituents is 1. The predicted molar refractivity (Wildman–Crippen MR) is 127 cm³/mol. The molecule has 3 fully saturated rings. The Hall–Kier alpha value is -2.70. The number of carbonyl (C=O) groups excluding carboxylic acids is 3. The Balaban J connectivity index is 1.53. The highest BCUT2D eigenvalue weighted by Crippen LogP contribution is 2.35. The average Bonchev–Trinajstić information content (AvgIpc) is 2.85. The summed E-state index contributed by atoms with van der Waals surface area (Å²) in [7, 11) is 3.06. The lowest BCUT2D eigenvalue weighted by Crippen LogP contribution is -2.72. The Morgan fingerprint density at radius 3 is 2.65 bits per heavy atom. The van der Waals surface area contributed by atoms with Gasteiger partial charge in [0, 0.05) is 32.3 Å². The van der Waals surface area contributed by atoms with E-state index in [0.29, 0.717) is 5.56 Å². The minimum absolute atomic E-state index is 0.0526. The quantitative estimate of drug-likeness (QED) is 0.405. The molecule has 1 aromatic rings. The lowest BCUT2D eigenvalue weighted by molar-refractivity contribution is -0.385. The predicted octanol–water partition coefficient (Wildman–Crippen LogP) is 1.76. The first-order valence-electron chi connectivity index (χ1n) is 11.5. The summed E-state index contributed by atoms with van der Waals surface area (Å²) in [6, 6.07) is 5.97. The molecule has 1 aromatic carbocycles. The summed E-state index contributed by atoms with van der Waals surface area (Å²) >= 11 is 1.32. The van der Waals surface area contributed by atoms with E-state index in [4.69, 9.17) is 0 Å². The Bertz CT molecular complexity index is 971. The van der Waals surface area contributed by atoms with Crippen molar-refractivity contribution in [1.29, 1.82) is 0 Å². The third-order valence-corrected chi connectivity index (χ3v) is 7.95. The number of nitrogens with one attached hydrogen (secondary N) is 3. The Labute approximate surface area is 202 Å². The molecule has 2 saturated heterocycles. The molecule has 11 nitrogen and oxygen atoms in total. The number of benzene rings is 1. The van der Waals surface area contributed by atoms with Gasteiger partial charge in [0.15, 0.2) is 0 Å². The van der Waals surface area contributed by atoms with Gasteiger partial charge in [-0.05, 0) is 18.4 Å². The number of imide groups is 1. The van der Waals surface area contributed by atoms with E-state index in [2.05, 4.69) is 16.0 Å². The number of amides is 4. The van der Waals surface area contributed by atoms with Gasteiger partial charge in [-0.2, -0.15) is 0 Å². The van der Waals surface area contributed by atoms with Gasteiger partial charge in [0.05, 0.1) is 34.3 Å². The van der Waals surface area contributed by atoms with Gasteiger partial charge in [0.1, 0.15) is 0 Å². The van der Waals surface area contributed by atoms with Crippen LogP contribution in [0.3, 0.4) is 0 Å². The Morgan fingerprint density at radius 2 is 1.94 bits per heavy atom. The van der Waals surface area contributed by atoms with Gasteiger partial charge in [-0.1, -0.05) is 31.4 Å². The van der Waals surface area contributed by atoms with E-state index in [-0.39, 0.29) is 29.3 Å². The van der Waals surface area contributed by atoms with Crippen molar-refractivity contribution in [3.63, 3.8) is 0 Å². The molecule has 4 atom stereocenters. The number of carbonyl (C=O) groups is 3. The smallest absolute Gasteiger partial charge is 0.327 e. The SMILES string of the molecule is CN1C(=O)C2C(SCC(=O)NC3CCCCC3)NC(c3cccc([N+](=O)[O-])c3)NC2N(C)C1=O. The third-order valence-electron chi connectivity index (χ3n) is 6.73. The van der Waals surface area contributed by atoms with E-state index in [0.717, 1.165) is 30.6 Å². The second-order valence-electron chi connectivity index (χ2n) is 9.01. The van der Waals surface area contributed by atoms with E-state index in [1.54, 1.807) is 19.2 Å². The van der Waals surface area contributed by atoms with Crippen LogP contribution in [0.5, 0.6) is 0 Å². The number of hydrogen-bond acceptors (Lipinski definition) is 8. The van der Waals surface area contributed by atoms with Crippen molar-refractivity contribution in [2.24, 2.45) is 5.92 Å². The zero-order chi connectivity index (χ0) is 24.4. The summed E-state index contributed by atoms with van der Waals surface area (Å²) in [5.41, 5.74) is 0.556. The zero-order valence-corrected chi connectivity index (χ0v) is 20.0. The molecular weight excluding hydrogens is 460 g/mol. The number of thioether (sulfide) groups is 1. The molecule has 3 aliphatic rings. The van der Waals surface area contributed by atoms with Crippen molar-refractivity contribution in [3.8, 4) is 0 Å². The molecule has 4 rings (SSSR count). The maximum atomic E-state index is 13.1. The number of fused-ring (bicyclic) bond motifs is 1. The molecule has 4 amide bonds. The molecule has 0 radical (unpaired) electrons. The normalized spacial score (nSPS) is 27.9. The van der Waals surface area contributed by atoms with Crippen LogP contribution >= 0.6 is 11.8 Å². The molecule has 184 valence electrons. The van der Waals surface area contributed by atoms with Crippen molar-refractivity contribution in [2.75, 3.05) is 19.8 Å². The molecule has 1 saturated carbocycles. The van der Waals surface area contributed by atoms with Crippen LogP contribution in [0, 0.1) is 16.0 Å². The van der Waals surface area contributed by atoms with Crippen molar-refractivity contribution in [3.05, 3.63) is 39.9 Å². The van der Waals surface area contributed by atoms with Crippen LogP contribution in [-0.2, 0) is 9.59 Å². The summed E-state index contributed by atoms with van der Waals surface area (Å²) in [4.78, 5) is 51.6. The highest BCUT2D eigenvalue weighted by molar-refractivity contribution is 8.00. The van der Waals surface area contributed by atoms with Crippen LogP contribution in [-0.4, -0.2) is 70.0 Å². The first kappa shape index (κ1) is 24.4. The molecule has 0 aromatic heterocycles. The first-order chi connectivity index (χ1) is 16.3. The van der Waals surface area contributed by atoms with Crippen molar-refractivity contribution < 1.29 is 19.3 Å². The summed E-state index contributed by atoms with van der Waals surface area (Å²) in [6.07, 6.45) is 4.22. The molecule has 3 N–H and O–H groups in total. The maximum absolute atomic E-state index is 13.1. The van der Waals surface area contributed by atoms with Crippen LogP contribution in [0.25, 0.3) is 0 Å². The minimum atomic E-state index is -0.630. The number of nitro benzene ring substituents is 1. The van der Waals surface area contributed by atoms with Crippen molar-refractivity contribution in [2.45, 2.75) is 55.9 Å². The fraction of sp³-hybridized carbons (Fsp3) is 0.591. The van der Waals surface area contributed by atoms with Crippen LogP contribution < -0.4 is 16.0 Å². The Morgan fingerprint density at radius 1 is 1.21 bits per heavy atom. The monoisotopic (exact) mass is 490 g/mol. The number of rotatable bonds is 6. The average molecular weight is 491 g/mol. The molecule has 2 aliphatic heterocycles. The molecule has 0 spiro atoms. The summed E-state index contributed by atoms with van der Waals surface area (Å²) < 4.78 is 0. The first-order valence-corrected chi connectivity index (χ1v) is 12.5. The van der Waals surface area contributed by atoms with E-state index >= 15 is 0 Å². The number of urea groups is 1. The fourth-order valence-electron chi connectivity index (χ4n) is 4.89. The molecule has 1 aliphatic carbocycles. The zero-order valence-electron chi connectivity index (χ0n) is 19.2. The molecule has 4 unspecified atom stereocenters. The molecule has 34 heavy (non-hydrogen) atoms. The van der Waals surface area contributed by atoms with E-state index < -0.39 is 34.6 Å². The second kappa shape index (κ2) is 10.3. The largest absolute Gasteiger partial charge is 0.353 e. The lowest BCUT2D eigenvalue weighted by atomic mass is 9.95. The van der Waals surface area contributed by atoms with Gasteiger partial charge in [-0.15, -0.1) is 11.8 Å². The second-order valence-corrected chi connectivity index (χ2v) is 10.1. The van der Waals surface area contributed by atoms with Crippen molar-refractivity contribution >= 4 is 35.3 Å². The van der Waals surface area contributed by atoms with Crippen molar-refractivity contribution in [1.82, 2.24) is 25.8 Å². The number of nitrogens with zero attached hydrogens (tertiary/aromatic N) is 3. The number of hydrogen-bond donors (Lipinski definition) is 3. The minimum Gasteiger partial charge on any atom is -0.353 e. The van der Waals surface area contributed by atoms with Gasteiger partial charge >= 0.3 is 6.03 Å². The van der Waals surface area contributed by atoms with E-state index in [1.807, 2.05) is 0 Å². The standard InChI is InChI=1S/C22H30N6O5S/c1-26-19-17(21(30)27(2)22(26)31)20(34-12-16(29)23-14-8-4-3-5-9-14)25-18(24-19)13-7-6-10-15(11-13)28(32)33/h6-7,10-11,14,17-20,24-25H,3-5,8-9,12H2,1-2H3,(H,23,29). The summed E-state index contributed by atoms with van der Waals surface area (Å²) in [5, 5.41) is 20.5. The van der Waals surface area contributed by atoms with E-state index in [1.165, 1.54) is 42.3 Å². The topological polar surface area (TPSA) is 137 Å². The number of nitro groups is 1. The molecule has 0 bridgehead atoms. The van der Waals surface area contributed by atoms with Gasteiger partial charge in [0.25, 0.3) is 5.69 Å². The lowest BCUT2D eigenvalue weighted by Gasteiger charge is -2.50.